The zero-order valence-corrected chi connectivity index (χ0v) is 14.2. The van der Waals surface area contributed by atoms with Crippen molar-refractivity contribution < 1.29 is 13.2 Å². The highest BCUT2D eigenvalue weighted by molar-refractivity contribution is 9.10. The van der Waals surface area contributed by atoms with E-state index in [4.69, 9.17) is 16.3 Å². The van der Waals surface area contributed by atoms with Gasteiger partial charge in [-0.2, -0.15) is 0 Å². The van der Waals surface area contributed by atoms with Crippen molar-refractivity contribution in [2.24, 2.45) is 0 Å². The third kappa shape index (κ3) is 4.46. The molecule has 4 nitrogen and oxygen atoms in total. The van der Waals surface area contributed by atoms with Crippen LogP contribution in [0.15, 0.2) is 45.1 Å². The second-order valence-electron chi connectivity index (χ2n) is 3.76. The molecule has 1 heterocycles. The van der Waals surface area contributed by atoms with E-state index < -0.39 is 10.0 Å². The number of hydrogen-bond acceptors (Lipinski definition) is 4. The first-order chi connectivity index (χ1) is 9.47. The highest BCUT2D eigenvalue weighted by atomic mass is 79.9. The van der Waals surface area contributed by atoms with Gasteiger partial charge in [0.25, 0.3) is 0 Å². The summed E-state index contributed by atoms with van der Waals surface area (Å²) < 4.78 is 33.2. The Morgan fingerprint density at radius 3 is 2.75 bits per heavy atom. The van der Waals surface area contributed by atoms with Crippen LogP contribution in [0.4, 0.5) is 0 Å². The van der Waals surface area contributed by atoms with Gasteiger partial charge in [0, 0.05) is 11.0 Å². The number of rotatable bonds is 6. The van der Waals surface area contributed by atoms with Gasteiger partial charge in [-0.05, 0) is 30.3 Å². The van der Waals surface area contributed by atoms with Crippen LogP contribution in [0.1, 0.15) is 0 Å². The van der Waals surface area contributed by atoms with E-state index in [1.54, 1.807) is 12.1 Å². The van der Waals surface area contributed by atoms with Crippen molar-refractivity contribution in [3.05, 3.63) is 45.2 Å². The number of halogens is 2. The van der Waals surface area contributed by atoms with Crippen LogP contribution in [-0.2, 0) is 10.0 Å². The minimum absolute atomic E-state index is 0.185. The normalized spacial score (nSPS) is 11.5. The Hall–Kier alpha value is -0.600. The average Bonchev–Trinajstić information content (AvgIpc) is 2.82. The van der Waals surface area contributed by atoms with Gasteiger partial charge in [-0.15, -0.1) is 11.3 Å². The Morgan fingerprint density at radius 1 is 1.30 bits per heavy atom. The average molecular weight is 397 g/mol. The van der Waals surface area contributed by atoms with Gasteiger partial charge >= 0.3 is 0 Å². The monoisotopic (exact) mass is 395 g/mol. The van der Waals surface area contributed by atoms with Crippen molar-refractivity contribution in [2.45, 2.75) is 4.21 Å². The molecular formula is C12H11BrClNO3S2. The van der Waals surface area contributed by atoms with E-state index >= 15 is 0 Å². The minimum Gasteiger partial charge on any atom is -0.492 e. The maximum absolute atomic E-state index is 11.9. The SMILES string of the molecule is O=S(=O)(NCCOc1cccc(Br)c1)c1ccc(Cl)s1. The van der Waals surface area contributed by atoms with E-state index in [1.165, 1.54) is 6.07 Å². The van der Waals surface area contributed by atoms with Crippen molar-refractivity contribution in [1.82, 2.24) is 4.72 Å². The lowest BCUT2D eigenvalue weighted by Gasteiger charge is -2.07. The Balaban J connectivity index is 1.84. The first-order valence-electron chi connectivity index (χ1n) is 5.61. The zero-order valence-electron chi connectivity index (χ0n) is 10.2. The second kappa shape index (κ2) is 6.91. The van der Waals surface area contributed by atoms with Gasteiger partial charge in [0.15, 0.2) is 0 Å². The summed E-state index contributed by atoms with van der Waals surface area (Å²) >= 11 is 10.1. The van der Waals surface area contributed by atoms with Gasteiger partial charge in [-0.1, -0.05) is 33.6 Å². The molecule has 1 aromatic heterocycles. The van der Waals surface area contributed by atoms with Crippen molar-refractivity contribution >= 4 is 48.9 Å². The van der Waals surface area contributed by atoms with E-state index in [0.717, 1.165) is 15.8 Å². The summed E-state index contributed by atoms with van der Waals surface area (Å²) in [6.07, 6.45) is 0. The molecule has 0 atom stereocenters. The van der Waals surface area contributed by atoms with Crippen LogP contribution in [0, 0.1) is 0 Å². The predicted octanol–water partition coefficient (Wildman–Crippen LogP) is 3.52. The van der Waals surface area contributed by atoms with Crippen LogP contribution < -0.4 is 9.46 Å². The Labute approximate surface area is 134 Å². The summed E-state index contributed by atoms with van der Waals surface area (Å²) in [4.78, 5) is 0. The molecule has 2 aromatic rings. The molecule has 0 aliphatic carbocycles. The zero-order chi connectivity index (χ0) is 14.6. The number of hydrogen-bond donors (Lipinski definition) is 1. The molecule has 1 aromatic carbocycles. The minimum atomic E-state index is -3.51. The van der Waals surface area contributed by atoms with E-state index in [0.29, 0.717) is 10.1 Å². The summed E-state index contributed by atoms with van der Waals surface area (Å²) in [5.41, 5.74) is 0. The molecule has 8 heteroatoms. The van der Waals surface area contributed by atoms with E-state index in [2.05, 4.69) is 20.7 Å². The standard InChI is InChI=1S/C12H11BrClNO3S2/c13-9-2-1-3-10(8-9)18-7-6-15-20(16,17)12-5-4-11(14)19-12/h1-5,8,15H,6-7H2. The summed E-state index contributed by atoms with van der Waals surface area (Å²) in [7, 11) is -3.51. The van der Waals surface area contributed by atoms with Gasteiger partial charge in [-0.25, -0.2) is 13.1 Å². The second-order valence-corrected chi connectivity index (χ2v) is 8.39. The highest BCUT2D eigenvalue weighted by Gasteiger charge is 2.15. The molecule has 0 bridgehead atoms. The van der Waals surface area contributed by atoms with E-state index in [9.17, 15) is 8.42 Å². The lowest BCUT2D eigenvalue weighted by atomic mass is 10.3. The first-order valence-corrected chi connectivity index (χ1v) is 9.08. The number of benzene rings is 1. The molecule has 0 aliphatic heterocycles. The van der Waals surface area contributed by atoms with Crippen molar-refractivity contribution in [2.75, 3.05) is 13.2 Å². The maximum Gasteiger partial charge on any atom is 0.250 e. The molecule has 0 unspecified atom stereocenters. The molecule has 0 saturated heterocycles. The number of nitrogens with one attached hydrogen (secondary N) is 1. The van der Waals surface area contributed by atoms with E-state index in [-0.39, 0.29) is 17.4 Å². The Bertz CT molecular complexity index is 688. The first kappa shape index (κ1) is 15.8. The maximum atomic E-state index is 11.9. The fourth-order valence-corrected chi connectivity index (χ4v) is 4.33. The Morgan fingerprint density at radius 2 is 2.10 bits per heavy atom. The van der Waals surface area contributed by atoms with Crippen LogP contribution in [0.3, 0.4) is 0 Å². The molecule has 0 saturated carbocycles. The fraction of sp³-hybridized carbons (Fsp3) is 0.167. The smallest absolute Gasteiger partial charge is 0.250 e. The summed E-state index contributed by atoms with van der Waals surface area (Å²) in [6.45, 7) is 0.430. The number of ether oxygens (including phenoxy) is 1. The van der Waals surface area contributed by atoms with Crippen molar-refractivity contribution in [3.8, 4) is 5.75 Å². The summed E-state index contributed by atoms with van der Waals surface area (Å²) in [5, 5.41) is 0. The third-order valence-electron chi connectivity index (χ3n) is 2.27. The van der Waals surface area contributed by atoms with Gasteiger partial charge in [-0.3, -0.25) is 0 Å². The number of thiophene rings is 1. The van der Waals surface area contributed by atoms with Gasteiger partial charge in [0.2, 0.25) is 10.0 Å². The Kier molecular flexibility index (Phi) is 5.45. The molecule has 0 fully saturated rings. The number of sulfonamides is 1. The lowest BCUT2D eigenvalue weighted by Crippen LogP contribution is -2.27. The van der Waals surface area contributed by atoms with Crippen LogP contribution in [0.2, 0.25) is 4.34 Å². The molecular weight excluding hydrogens is 386 g/mol. The van der Waals surface area contributed by atoms with Crippen LogP contribution in [-0.4, -0.2) is 21.6 Å². The largest absolute Gasteiger partial charge is 0.492 e. The predicted molar refractivity (Wildman–Crippen MR) is 84.2 cm³/mol. The summed E-state index contributed by atoms with van der Waals surface area (Å²) in [5.74, 6) is 0.678. The van der Waals surface area contributed by atoms with Crippen LogP contribution in [0.5, 0.6) is 5.75 Å². The lowest BCUT2D eigenvalue weighted by molar-refractivity contribution is 0.322. The molecule has 0 aliphatic rings. The highest BCUT2D eigenvalue weighted by Crippen LogP contribution is 2.25. The molecule has 2 rings (SSSR count). The van der Waals surface area contributed by atoms with E-state index in [1.807, 2.05) is 18.2 Å². The topological polar surface area (TPSA) is 55.4 Å². The molecule has 20 heavy (non-hydrogen) atoms. The van der Waals surface area contributed by atoms with Crippen molar-refractivity contribution in [3.63, 3.8) is 0 Å². The third-order valence-corrected chi connectivity index (χ3v) is 5.95. The van der Waals surface area contributed by atoms with Gasteiger partial charge in [0.05, 0.1) is 4.34 Å². The molecule has 0 radical (unpaired) electrons. The summed E-state index contributed by atoms with van der Waals surface area (Å²) in [6, 6.07) is 10.4. The molecule has 108 valence electrons. The van der Waals surface area contributed by atoms with Crippen LogP contribution >= 0.6 is 38.9 Å². The molecule has 0 amide bonds. The van der Waals surface area contributed by atoms with Gasteiger partial charge < -0.3 is 4.74 Å². The van der Waals surface area contributed by atoms with Crippen LogP contribution in [0.25, 0.3) is 0 Å². The van der Waals surface area contributed by atoms with Gasteiger partial charge in [0.1, 0.15) is 16.6 Å². The van der Waals surface area contributed by atoms with Crippen molar-refractivity contribution in [1.29, 1.82) is 0 Å². The quantitative estimate of drug-likeness (QED) is 0.760. The molecule has 0 spiro atoms. The molecule has 1 N–H and O–H groups in total. The fourth-order valence-electron chi connectivity index (χ4n) is 1.41.